The van der Waals surface area contributed by atoms with Crippen LogP contribution < -0.4 is 16.0 Å². The van der Waals surface area contributed by atoms with E-state index in [1.807, 2.05) is 0 Å². The number of alkyl halides is 2. The highest BCUT2D eigenvalue weighted by atomic mass is 35.5. The van der Waals surface area contributed by atoms with E-state index in [1.54, 1.807) is 47.6 Å². The molecule has 2 aliphatic rings. The molecule has 0 bridgehead atoms. The van der Waals surface area contributed by atoms with Crippen molar-refractivity contribution in [1.82, 2.24) is 25.5 Å². The maximum absolute atomic E-state index is 14.7. The fraction of sp³-hybridized carbons (Fsp3) is 0.471. The Morgan fingerprint density at radius 1 is 0.957 bits per heavy atom. The van der Waals surface area contributed by atoms with Crippen LogP contribution in [0.5, 0.6) is 5.75 Å². The van der Waals surface area contributed by atoms with E-state index in [1.165, 1.54) is 12.1 Å². The molecule has 2 amide bonds. The molecule has 1 aromatic heterocycles. The second kappa shape index (κ2) is 16.0. The molecule has 2 aliphatic carbocycles. The first-order chi connectivity index (χ1) is 22.6. The molecule has 0 unspecified atom stereocenters. The van der Waals surface area contributed by atoms with Crippen LogP contribution in [0.1, 0.15) is 75.0 Å². The van der Waals surface area contributed by atoms with Crippen molar-refractivity contribution in [2.45, 2.75) is 94.8 Å². The van der Waals surface area contributed by atoms with Gasteiger partial charge in [0.05, 0.1) is 34.5 Å². The highest BCUT2D eigenvalue weighted by Crippen LogP contribution is 2.34. The standard InChI is InChI=1S/C34H39Cl2F2N5O4/c35-25-15-21(16-26(36)30(25)44)18-28(41-29(32(37)38)22-9-11-24(12-10-22)43-14-13-39-19-43)33(46)42-27(17-20-5-4-6-20)31(45)34(47)40-23-7-2-1-3-8-23/h9-16,19-20,23,27-29,32,41,44H,1-8,17-18H2,(H,40,47)(H,42,46)/t27-,28-,29-/m0/s1. The van der Waals surface area contributed by atoms with Gasteiger partial charge in [0, 0.05) is 24.1 Å². The SMILES string of the molecule is O=C(NC1CCCCC1)C(=O)[C@H](CC1CCC1)NC(=O)[C@H](Cc1cc(Cl)c(O)c(Cl)c1)N[C@@H](c1ccc(-n2ccnc2)cc1)C(F)F. The second-order valence-corrected chi connectivity index (χ2v) is 13.3. The number of amides is 2. The van der Waals surface area contributed by atoms with Crippen LogP contribution in [-0.4, -0.2) is 56.8 Å². The van der Waals surface area contributed by atoms with Crippen molar-refractivity contribution in [2.75, 3.05) is 0 Å². The number of Topliss-reactive ketones (excluding diaryl/α,β-unsaturated/α-hetero) is 1. The molecule has 0 aliphatic heterocycles. The quantitative estimate of drug-likeness (QED) is 0.152. The van der Waals surface area contributed by atoms with E-state index in [9.17, 15) is 28.3 Å². The topological polar surface area (TPSA) is 125 Å². The van der Waals surface area contributed by atoms with E-state index in [0.717, 1.165) is 51.4 Å². The minimum absolute atomic E-state index is 0.0652. The number of benzene rings is 2. The zero-order valence-corrected chi connectivity index (χ0v) is 27.3. The maximum Gasteiger partial charge on any atom is 0.289 e. The number of carbonyl (C=O) groups excluding carboxylic acids is 3. The Labute approximate surface area is 282 Å². The number of hydrogen-bond donors (Lipinski definition) is 4. The van der Waals surface area contributed by atoms with Gasteiger partial charge < -0.3 is 20.3 Å². The lowest BCUT2D eigenvalue weighted by atomic mass is 9.80. The van der Waals surface area contributed by atoms with Crippen LogP contribution in [0.25, 0.3) is 5.69 Å². The van der Waals surface area contributed by atoms with Gasteiger partial charge in [-0.3, -0.25) is 19.7 Å². The Kier molecular flexibility index (Phi) is 11.9. The molecule has 3 aromatic rings. The highest BCUT2D eigenvalue weighted by molar-refractivity contribution is 6.38. The van der Waals surface area contributed by atoms with Crippen LogP contribution in [0.2, 0.25) is 10.0 Å². The average molecular weight is 691 g/mol. The summed E-state index contributed by atoms with van der Waals surface area (Å²) >= 11 is 12.3. The Bertz CT molecular complexity index is 1510. The number of hydrogen-bond acceptors (Lipinski definition) is 6. The largest absolute Gasteiger partial charge is 0.505 e. The summed E-state index contributed by atoms with van der Waals surface area (Å²) in [6.45, 7) is 0. The first-order valence-corrected chi connectivity index (χ1v) is 16.8. The number of aromatic hydroxyl groups is 1. The summed E-state index contributed by atoms with van der Waals surface area (Å²) in [5, 5.41) is 18.3. The summed E-state index contributed by atoms with van der Waals surface area (Å²) in [5.74, 6) is -2.40. The fourth-order valence-electron chi connectivity index (χ4n) is 6.22. The third-order valence-corrected chi connectivity index (χ3v) is 9.69. The van der Waals surface area contributed by atoms with E-state index in [2.05, 4.69) is 20.9 Å². The molecule has 0 spiro atoms. The molecule has 13 heteroatoms. The number of aromatic nitrogens is 2. The number of phenols is 1. The lowest BCUT2D eigenvalue weighted by Crippen LogP contribution is -2.55. The van der Waals surface area contributed by atoms with Gasteiger partial charge in [-0.2, -0.15) is 0 Å². The molecule has 9 nitrogen and oxygen atoms in total. The van der Waals surface area contributed by atoms with Gasteiger partial charge in [0.1, 0.15) is 0 Å². The Morgan fingerprint density at radius 3 is 2.21 bits per heavy atom. The summed E-state index contributed by atoms with van der Waals surface area (Å²) in [6, 6.07) is 5.15. The number of ketones is 1. The predicted molar refractivity (Wildman–Crippen MR) is 175 cm³/mol. The number of nitrogens with zero attached hydrogens (tertiary/aromatic N) is 2. The van der Waals surface area contributed by atoms with Gasteiger partial charge in [-0.1, -0.05) is 73.9 Å². The molecule has 5 rings (SSSR count). The third kappa shape index (κ3) is 9.09. The summed E-state index contributed by atoms with van der Waals surface area (Å²) in [7, 11) is 0. The average Bonchev–Trinajstić information content (AvgIpc) is 3.58. The van der Waals surface area contributed by atoms with Gasteiger partial charge >= 0.3 is 0 Å². The van der Waals surface area contributed by atoms with Crippen molar-refractivity contribution in [2.24, 2.45) is 5.92 Å². The van der Waals surface area contributed by atoms with Crippen molar-refractivity contribution >= 4 is 40.8 Å². The lowest BCUT2D eigenvalue weighted by Gasteiger charge is -2.31. The maximum atomic E-state index is 14.7. The first-order valence-electron chi connectivity index (χ1n) is 16.0. The minimum atomic E-state index is -2.91. The number of carbonyl (C=O) groups is 3. The number of halogens is 4. The van der Waals surface area contributed by atoms with E-state index in [0.29, 0.717) is 11.3 Å². The predicted octanol–water partition coefficient (Wildman–Crippen LogP) is 6.08. The molecule has 0 saturated heterocycles. The molecule has 252 valence electrons. The number of nitrogens with one attached hydrogen (secondary N) is 3. The monoisotopic (exact) mass is 689 g/mol. The molecule has 1 heterocycles. The van der Waals surface area contributed by atoms with Crippen molar-refractivity contribution < 1.29 is 28.3 Å². The Balaban J connectivity index is 1.39. The fourth-order valence-corrected chi connectivity index (χ4v) is 6.76. The van der Waals surface area contributed by atoms with Gasteiger partial charge in [0.25, 0.3) is 12.3 Å². The molecule has 2 fully saturated rings. The third-order valence-electron chi connectivity index (χ3n) is 9.11. The van der Waals surface area contributed by atoms with Crippen molar-refractivity contribution in [3.8, 4) is 11.4 Å². The van der Waals surface area contributed by atoms with Crippen LogP contribution in [0, 0.1) is 5.92 Å². The summed E-state index contributed by atoms with van der Waals surface area (Å²) in [4.78, 5) is 44.5. The number of phenolic OH excluding ortho intramolecular Hbond substituents is 1. The molecule has 0 radical (unpaired) electrons. The molecular weight excluding hydrogens is 651 g/mol. The van der Waals surface area contributed by atoms with Crippen LogP contribution in [-0.2, 0) is 20.8 Å². The first kappa shape index (κ1) is 34.8. The van der Waals surface area contributed by atoms with Gasteiger partial charge in [-0.15, -0.1) is 0 Å². The van der Waals surface area contributed by atoms with Crippen LogP contribution >= 0.6 is 23.2 Å². The lowest BCUT2D eigenvalue weighted by molar-refractivity contribution is -0.141. The van der Waals surface area contributed by atoms with Crippen LogP contribution in [0.15, 0.2) is 55.1 Å². The van der Waals surface area contributed by atoms with Gasteiger partial charge in [0.2, 0.25) is 11.7 Å². The van der Waals surface area contributed by atoms with E-state index >= 15 is 0 Å². The van der Waals surface area contributed by atoms with Gasteiger partial charge in [0.15, 0.2) is 5.75 Å². The van der Waals surface area contributed by atoms with Crippen molar-refractivity contribution in [3.63, 3.8) is 0 Å². The summed E-state index contributed by atoms with van der Waals surface area (Å²) in [6.07, 6.45) is 9.48. The van der Waals surface area contributed by atoms with E-state index in [4.69, 9.17) is 23.2 Å². The highest BCUT2D eigenvalue weighted by Gasteiger charge is 2.36. The molecule has 2 saturated carbocycles. The Hall–Kier alpha value is -3.54. The summed E-state index contributed by atoms with van der Waals surface area (Å²) < 4.78 is 31.0. The number of rotatable bonds is 14. The zero-order valence-electron chi connectivity index (χ0n) is 25.8. The van der Waals surface area contributed by atoms with Gasteiger partial charge in [-0.25, -0.2) is 13.8 Å². The van der Waals surface area contributed by atoms with Crippen molar-refractivity contribution in [3.05, 3.63) is 76.3 Å². The zero-order chi connectivity index (χ0) is 33.5. The molecule has 2 aromatic carbocycles. The molecule has 3 atom stereocenters. The van der Waals surface area contributed by atoms with Crippen LogP contribution in [0.3, 0.4) is 0 Å². The van der Waals surface area contributed by atoms with Gasteiger partial charge in [-0.05, 0) is 67.0 Å². The Morgan fingerprint density at radius 2 is 1.64 bits per heavy atom. The molecular formula is C34H39Cl2F2N5O4. The van der Waals surface area contributed by atoms with Crippen molar-refractivity contribution in [1.29, 1.82) is 0 Å². The minimum Gasteiger partial charge on any atom is -0.505 e. The smallest absolute Gasteiger partial charge is 0.289 e. The number of imidazole rings is 1. The normalized spacial score (nSPS) is 17.5. The molecule has 47 heavy (non-hydrogen) atoms. The van der Waals surface area contributed by atoms with E-state index in [-0.39, 0.29) is 46.2 Å². The second-order valence-electron chi connectivity index (χ2n) is 12.5. The molecule has 4 N–H and O–H groups in total. The summed E-state index contributed by atoms with van der Waals surface area (Å²) in [5.41, 5.74) is 1.34. The van der Waals surface area contributed by atoms with E-state index < -0.39 is 42.1 Å². The van der Waals surface area contributed by atoms with Crippen LogP contribution in [0.4, 0.5) is 8.78 Å².